The van der Waals surface area contributed by atoms with E-state index < -0.39 is 28.3 Å². The van der Waals surface area contributed by atoms with Crippen LogP contribution in [0.3, 0.4) is 0 Å². The molecule has 0 bridgehead atoms. The number of hydrogen-bond acceptors (Lipinski definition) is 6. The van der Waals surface area contributed by atoms with Crippen molar-refractivity contribution in [1.29, 1.82) is 0 Å². The molecule has 0 saturated heterocycles. The summed E-state index contributed by atoms with van der Waals surface area (Å²) in [6, 6.07) is 15.4. The van der Waals surface area contributed by atoms with Gasteiger partial charge in [0, 0.05) is 11.6 Å². The van der Waals surface area contributed by atoms with Gasteiger partial charge in [0.1, 0.15) is 5.82 Å². The maximum Gasteiger partial charge on any atom is 0.255 e. The lowest BCUT2D eigenvalue weighted by molar-refractivity contribution is -0.121. The number of carbonyl (C=O) groups excluding carboxylic acids is 1. The fourth-order valence-electron chi connectivity index (χ4n) is 3.03. The molecule has 8 nitrogen and oxygen atoms in total. The number of rotatable bonds is 10. The smallest absolute Gasteiger partial charge is 0.255 e. The van der Waals surface area contributed by atoms with E-state index in [9.17, 15) is 22.7 Å². The second kappa shape index (κ2) is 11.8. The molecular formula is C24H23ClFN3O5S. The molecule has 0 fully saturated rings. The molecule has 0 spiro atoms. The molecule has 0 aliphatic carbocycles. The SMILES string of the molecule is CCOc1cc(/C=N\NC(=O)CN(Cc2ccc(F)cc2)S(=O)(=O)c2ccc(Cl)cc2)ccc1O. The Morgan fingerprint density at radius 1 is 1.14 bits per heavy atom. The summed E-state index contributed by atoms with van der Waals surface area (Å²) in [4.78, 5) is 12.5. The number of hydrazone groups is 1. The summed E-state index contributed by atoms with van der Waals surface area (Å²) in [6.07, 6.45) is 1.33. The van der Waals surface area contributed by atoms with Gasteiger partial charge in [-0.3, -0.25) is 4.79 Å². The topological polar surface area (TPSA) is 108 Å². The van der Waals surface area contributed by atoms with Crippen LogP contribution in [0.2, 0.25) is 5.02 Å². The molecule has 0 aromatic heterocycles. The van der Waals surface area contributed by atoms with Crippen molar-refractivity contribution in [2.75, 3.05) is 13.2 Å². The Morgan fingerprint density at radius 2 is 1.83 bits per heavy atom. The fourth-order valence-corrected chi connectivity index (χ4v) is 4.54. The number of phenols is 1. The van der Waals surface area contributed by atoms with Gasteiger partial charge >= 0.3 is 0 Å². The first-order valence-electron chi connectivity index (χ1n) is 10.5. The lowest BCUT2D eigenvalue weighted by Gasteiger charge is -2.21. The summed E-state index contributed by atoms with van der Waals surface area (Å²) in [6.45, 7) is 1.42. The molecule has 1 amide bonds. The summed E-state index contributed by atoms with van der Waals surface area (Å²) in [5.41, 5.74) is 3.33. The van der Waals surface area contributed by atoms with Crippen LogP contribution in [0.25, 0.3) is 0 Å². The highest BCUT2D eigenvalue weighted by Crippen LogP contribution is 2.26. The molecule has 11 heteroatoms. The van der Waals surface area contributed by atoms with Crippen LogP contribution in [-0.4, -0.2) is 43.1 Å². The highest BCUT2D eigenvalue weighted by Gasteiger charge is 2.27. The number of ether oxygens (including phenoxy) is 1. The minimum Gasteiger partial charge on any atom is -0.504 e. The van der Waals surface area contributed by atoms with Crippen LogP contribution in [0.1, 0.15) is 18.1 Å². The third-order valence-corrected chi connectivity index (χ3v) is 6.79. The Hall–Kier alpha value is -3.47. The Bertz CT molecular complexity index is 1300. The number of nitrogens with one attached hydrogen (secondary N) is 1. The molecule has 184 valence electrons. The fraction of sp³-hybridized carbons (Fsp3) is 0.167. The van der Waals surface area contributed by atoms with Crippen molar-refractivity contribution in [3.63, 3.8) is 0 Å². The summed E-state index contributed by atoms with van der Waals surface area (Å²) in [7, 11) is -4.09. The average molecular weight is 520 g/mol. The average Bonchev–Trinajstić information content (AvgIpc) is 2.82. The van der Waals surface area contributed by atoms with E-state index in [2.05, 4.69) is 10.5 Å². The molecule has 2 N–H and O–H groups in total. The van der Waals surface area contributed by atoms with Crippen LogP contribution in [0.15, 0.2) is 76.7 Å². The Balaban J connectivity index is 1.77. The molecule has 0 aliphatic rings. The lowest BCUT2D eigenvalue weighted by atomic mass is 10.2. The molecule has 0 atom stereocenters. The van der Waals surface area contributed by atoms with Crippen LogP contribution in [0.4, 0.5) is 4.39 Å². The number of nitrogens with zero attached hydrogens (tertiary/aromatic N) is 2. The molecule has 0 saturated carbocycles. The van der Waals surface area contributed by atoms with Crippen molar-refractivity contribution in [1.82, 2.24) is 9.73 Å². The highest BCUT2D eigenvalue weighted by molar-refractivity contribution is 7.89. The van der Waals surface area contributed by atoms with Gasteiger partial charge in [-0.15, -0.1) is 0 Å². The van der Waals surface area contributed by atoms with Gasteiger partial charge < -0.3 is 9.84 Å². The van der Waals surface area contributed by atoms with Crippen LogP contribution in [0, 0.1) is 5.82 Å². The van der Waals surface area contributed by atoms with Crippen molar-refractivity contribution >= 4 is 33.7 Å². The minimum atomic E-state index is -4.09. The number of hydrogen-bond donors (Lipinski definition) is 2. The van der Waals surface area contributed by atoms with Crippen LogP contribution >= 0.6 is 11.6 Å². The molecule has 0 radical (unpaired) electrons. The first-order valence-corrected chi connectivity index (χ1v) is 12.3. The van der Waals surface area contributed by atoms with Crippen LogP contribution in [-0.2, 0) is 21.4 Å². The van der Waals surface area contributed by atoms with Gasteiger partial charge in [0.25, 0.3) is 5.91 Å². The van der Waals surface area contributed by atoms with E-state index in [4.69, 9.17) is 16.3 Å². The van der Waals surface area contributed by atoms with E-state index in [1.165, 1.54) is 60.8 Å². The largest absolute Gasteiger partial charge is 0.504 e. The van der Waals surface area contributed by atoms with Gasteiger partial charge in [0.05, 0.1) is 24.3 Å². The van der Waals surface area contributed by atoms with Crippen molar-refractivity contribution in [3.05, 3.63) is 88.7 Å². The van der Waals surface area contributed by atoms with Crippen molar-refractivity contribution in [2.45, 2.75) is 18.4 Å². The normalized spacial score (nSPS) is 11.7. The van der Waals surface area contributed by atoms with E-state index in [1.54, 1.807) is 19.1 Å². The Labute approximate surface area is 207 Å². The summed E-state index contributed by atoms with van der Waals surface area (Å²) in [5, 5.41) is 14.0. The predicted molar refractivity (Wildman–Crippen MR) is 130 cm³/mol. The van der Waals surface area contributed by atoms with Crippen molar-refractivity contribution in [3.8, 4) is 11.5 Å². The van der Waals surface area contributed by atoms with E-state index in [-0.39, 0.29) is 22.9 Å². The summed E-state index contributed by atoms with van der Waals surface area (Å²) in [5.74, 6) is -0.918. The van der Waals surface area contributed by atoms with Crippen LogP contribution < -0.4 is 10.2 Å². The summed E-state index contributed by atoms with van der Waals surface area (Å²) >= 11 is 5.87. The molecule has 35 heavy (non-hydrogen) atoms. The maximum absolute atomic E-state index is 13.3. The number of carbonyl (C=O) groups is 1. The quantitative estimate of drug-likeness (QED) is 0.312. The van der Waals surface area contributed by atoms with Gasteiger partial charge in [-0.2, -0.15) is 9.41 Å². The van der Waals surface area contributed by atoms with Gasteiger partial charge in [0.2, 0.25) is 10.0 Å². The van der Waals surface area contributed by atoms with Gasteiger partial charge in [-0.1, -0.05) is 23.7 Å². The van der Waals surface area contributed by atoms with Gasteiger partial charge in [0.15, 0.2) is 11.5 Å². The number of sulfonamides is 1. The second-order valence-corrected chi connectivity index (χ2v) is 9.68. The third-order valence-electron chi connectivity index (χ3n) is 4.73. The van der Waals surface area contributed by atoms with E-state index in [0.717, 1.165) is 4.31 Å². The summed E-state index contributed by atoms with van der Waals surface area (Å²) < 4.78 is 46.0. The zero-order chi connectivity index (χ0) is 25.4. The zero-order valence-electron chi connectivity index (χ0n) is 18.7. The van der Waals surface area contributed by atoms with Crippen LogP contribution in [0.5, 0.6) is 11.5 Å². The van der Waals surface area contributed by atoms with E-state index >= 15 is 0 Å². The molecule has 3 aromatic carbocycles. The maximum atomic E-state index is 13.3. The highest BCUT2D eigenvalue weighted by atomic mass is 35.5. The van der Waals surface area contributed by atoms with E-state index in [0.29, 0.717) is 22.8 Å². The standard InChI is InChI=1S/C24H23ClFN3O5S/c1-2-34-23-13-18(5-12-22(23)30)14-27-28-24(31)16-29(15-17-3-8-20(26)9-4-17)35(32,33)21-10-6-19(25)7-11-21/h3-14,30H,2,15-16H2,1H3,(H,28,31)/b27-14-. The third kappa shape index (κ3) is 7.25. The number of phenolic OH excluding ortho intramolecular Hbond substituents is 1. The van der Waals surface area contributed by atoms with Gasteiger partial charge in [-0.05, 0) is 72.6 Å². The molecule has 0 aliphatic heterocycles. The minimum absolute atomic E-state index is 0.0307. The first-order chi connectivity index (χ1) is 16.7. The Kier molecular flexibility index (Phi) is 8.80. The monoisotopic (exact) mass is 519 g/mol. The number of amides is 1. The number of benzene rings is 3. The molecular weight excluding hydrogens is 497 g/mol. The number of aromatic hydroxyl groups is 1. The number of halogens is 2. The molecule has 3 rings (SSSR count). The van der Waals surface area contributed by atoms with Crippen molar-refractivity contribution < 1.29 is 27.4 Å². The first kappa shape index (κ1) is 26.1. The van der Waals surface area contributed by atoms with Gasteiger partial charge in [-0.25, -0.2) is 18.2 Å². The Morgan fingerprint density at radius 3 is 2.49 bits per heavy atom. The lowest BCUT2D eigenvalue weighted by Crippen LogP contribution is -2.39. The van der Waals surface area contributed by atoms with E-state index in [1.807, 2.05) is 0 Å². The predicted octanol–water partition coefficient (Wildman–Crippen LogP) is 3.92. The van der Waals surface area contributed by atoms with Crippen molar-refractivity contribution in [2.24, 2.45) is 5.10 Å². The second-order valence-electron chi connectivity index (χ2n) is 7.31. The zero-order valence-corrected chi connectivity index (χ0v) is 20.3. The molecule has 0 heterocycles. The molecule has 0 unspecified atom stereocenters. The molecule has 3 aromatic rings.